The van der Waals surface area contributed by atoms with Gasteiger partial charge in [0.05, 0.1) is 0 Å². The van der Waals surface area contributed by atoms with E-state index in [1.54, 1.807) is 0 Å². The lowest BCUT2D eigenvalue weighted by Gasteiger charge is -1.92. The van der Waals surface area contributed by atoms with Crippen molar-refractivity contribution in [2.45, 2.75) is 11.6 Å². The minimum atomic E-state index is 0.522. The number of thioether (sulfide) groups is 1. The minimum Gasteiger partial charge on any atom is -0.412 e. The third-order valence-electron chi connectivity index (χ3n) is 2.21. The predicted octanol–water partition coefficient (Wildman–Crippen LogP) is 2.68. The van der Waals surface area contributed by atoms with Gasteiger partial charge in [-0.2, -0.15) is 0 Å². The van der Waals surface area contributed by atoms with Gasteiger partial charge in [0.2, 0.25) is 5.89 Å². The van der Waals surface area contributed by atoms with Gasteiger partial charge in [0.1, 0.15) is 0 Å². The lowest BCUT2D eigenvalue weighted by atomic mass is 10.2. The van der Waals surface area contributed by atoms with Crippen molar-refractivity contribution in [2.24, 2.45) is 5.73 Å². The van der Waals surface area contributed by atoms with Crippen LogP contribution in [0.1, 0.15) is 17.9 Å². The SMILES string of the molecule is NCCCSc1nnc(/C=C/c2ccccc2)o1. The summed E-state index contributed by atoms with van der Waals surface area (Å²) < 4.78 is 5.47. The molecule has 0 amide bonds. The molecule has 0 aliphatic carbocycles. The first-order valence-corrected chi connectivity index (χ1v) is 6.76. The Balaban J connectivity index is 1.92. The standard InChI is InChI=1S/C13H15N3OS/c14-9-4-10-18-13-16-15-12(17-13)8-7-11-5-2-1-3-6-11/h1-3,5-8H,4,9-10,14H2/b8-7+. The molecule has 0 spiro atoms. The molecule has 2 N–H and O–H groups in total. The van der Waals surface area contributed by atoms with Crippen LogP contribution in [0.3, 0.4) is 0 Å². The molecule has 0 fully saturated rings. The number of nitrogens with two attached hydrogens (primary N) is 1. The molecule has 1 aromatic carbocycles. The Hall–Kier alpha value is -1.59. The average Bonchev–Trinajstić information content (AvgIpc) is 2.86. The average molecular weight is 261 g/mol. The maximum atomic E-state index is 5.47. The fourth-order valence-corrected chi connectivity index (χ4v) is 2.05. The van der Waals surface area contributed by atoms with Crippen LogP contribution in [-0.4, -0.2) is 22.5 Å². The monoisotopic (exact) mass is 261 g/mol. The molecule has 0 aliphatic rings. The molecule has 1 aromatic heterocycles. The van der Waals surface area contributed by atoms with Crippen LogP contribution in [0.2, 0.25) is 0 Å². The van der Waals surface area contributed by atoms with Crippen molar-refractivity contribution in [1.29, 1.82) is 0 Å². The number of hydrogen-bond donors (Lipinski definition) is 1. The Kier molecular flexibility index (Phi) is 4.99. The molecule has 0 saturated heterocycles. The lowest BCUT2D eigenvalue weighted by molar-refractivity contribution is 0.446. The molecule has 0 atom stereocenters. The molecule has 0 aliphatic heterocycles. The zero-order valence-electron chi connectivity index (χ0n) is 9.95. The molecular weight excluding hydrogens is 246 g/mol. The van der Waals surface area contributed by atoms with E-state index in [0.29, 0.717) is 17.7 Å². The van der Waals surface area contributed by atoms with E-state index in [1.807, 2.05) is 42.5 Å². The highest BCUT2D eigenvalue weighted by Crippen LogP contribution is 2.17. The molecule has 18 heavy (non-hydrogen) atoms. The van der Waals surface area contributed by atoms with Crippen molar-refractivity contribution in [3.8, 4) is 0 Å². The molecule has 0 unspecified atom stereocenters. The van der Waals surface area contributed by atoms with Crippen molar-refractivity contribution >= 4 is 23.9 Å². The Morgan fingerprint density at radius 3 is 2.78 bits per heavy atom. The summed E-state index contributed by atoms with van der Waals surface area (Å²) in [4.78, 5) is 0. The number of benzene rings is 1. The summed E-state index contributed by atoms with van der Waals surface area (Å²) in [6.07, 6.45) is 4.71. The molecule has 0 radical (unpaired) electrons. The van der Waals surface area contributed by atoms with Gasteiger partial charge in [0, 0.05) is 11.8 Å². The van der Waals surface area contributed by atoms with Crippen molar-refractivity contribution in [3.05, 3.63) is 41.8 Å². The van der Waals surface area contributed by atoms with Crippen LogP contribution in [0, 0.1) is 0 Å². The van der Waals surface area contributed by atoms with E-state index in [4.69, 9.17) is 10.2 Å². The summed E-state index contributed by atoms with van der Waals surface area (Å²) in [6.45, 7) is 0.682. The van der Waals surface area contributed by atoms with Gasteiger partial charge in [0.15, 0.2) is 0 Å². The summed E-state index contributed by atoms with van der Waals surface area (Å²) in [5.74, 6) is 1.43. The molecule has 5 heteroatoms. The Morgan fingerprint density at radius 2 is 2.00 bits per heavy atom. The third kappa shape index (κ3) is 4.01. The summed E-state index contributed by atoms with van der Waals surface area (Å²) in [5.41, 5.74) is 6.52. The Bertz CT molecular complexity index is 496. The van der Waals surface area contributed by atoms with E-state index >= 15 is 0 Å². The van der Waals surface area contributed by atoms with Crippen molar-refractivity contribution in [2.75, 3.05) is 12.3 Å². The molecule has 0 saturated carbocycles. The van der Waals surface area contributed by atoms with Crippen LogP contribution in [0.15, 0.2) is 40.0 Å². The van der Waals surface area contributed by atoms with E-state index in [0.717, 1.165) is 17.7 Å². The second kappa shape index (κ2) is 6.98. The topological polar surface area (TPSA) is 64.9 Å². The normalized spacial score (nSPS) is 11.2. The van der Waals surface area contributed by atoms with Crippen LogP contribution < -0.4 is 5.73 Å². The molecular formula is C13H15N3OS. The molecule has 4 nitrogen and oxygen atoms in total. The van der Waals surface area contributed by atoms with Crippen molar-refractivity contribution in [3.63, 3.8) is 0 Å². The Labute approximate surface area is 110 Å². The highest BCUT2D eigenvalue weighted by molar-refractivity contribution is 7.99. The molecule has 94 valence electrons. The smallest absolute Gasteiger partial charge is 0.276 e. The van der Waals surface area contributed by atoms with Crippen LogP contribution in [0.4, 0.5) is 0 Å². The fourth-order valence-electron chi connectivity index (χ4n) is 1.32. The first kappa shape index (κ1) is 12.9. The second-order valence-corrected chi connectivity index (χ2v) is 4.69. The van der Waals surface area contributed by atoms with Gasteiger partial charge in [0.25, 0.3) is 5.22 Å². The molecule has 2 aromatic rings. The highest BCUT2D eigenvalue weighted by Gasteiger charge is 2.03. The third-order valence-corrected chi connectivity index (χ3v) is 3.12. The predicted molar refractivity (Wildman–Crippen MR) is 74.1 cm³/mol. The van der Waals surface area contributed by atoms with E-state index in [1.165, 1.54) is 11.8 Å². The van der Waals surface area contributed by atoms with Crippen molar-refractivity contribution < 1.29 is 4.42 Å². The largest absolute Gasteiger partial charge is 0.412 e. The van der Waals surface area contributed by atoms with E-state index in [-0.39, 0.29) is 0 Å². The zero-order valence-corrected chi connectivity index (χ0v) is 10.8. The van der Waals surface area contributed by atoms with Crippen molar-refractivity contribution in [1.82, 2.24) is 10.2 Å². The van der Waals surface area contributed by atoms with Gasteiger partial charge in [-0.25, -0.2) is 0 Å². The van der Waals surface area contributed by atoms with Gasteiger partial charge in [-0.15, -0.1) is 10.2 Å². The van der Waals surface area contributed by atoms with Gasteiger partial charge >= 0.3 is 0 Å². The van der Waals surface area contributed by atoms with Gasteiger partial charge in [-0.3, -0.25) is 0 Å². The van der Waals surface area contributed by atoms with E-state index < -0.39 is 0 Å². The summed E-state index contributed by atoms with van der Waals surface area (Å²) in [7, 11) is 0. The highest BCUT2D eigenvalue weighted by atomic mass is 32.2. The van der Waals surface area contributed by atoms with Gasteiger partial charge in [-0.05, 0) is 24.6 Å². The number of aromatic nitrogens is 2. The summed E-state index contributed by atoms with van der Waals surface area (Å²) >= 11 is 1.53. The number of nitrogens with zero attached hydrogens (tertiary/aromatic N) is 2. The molecule has 1 heterocycles. The maximum Gasteiger partial charge on any atom is 0.276 e. The van der Waals surface area contributed by atoms with E-state index in [2.05, 4.69) is 10.2 Å². The number of hydrogen-bond acceptors (Lipinski definition) is 5. The number of rotatable bonds is 6. The quantitative estimate of drug-likeness (QED) is 0.639. The van der Waals surface area contributed by atoms with Crippen LogP contribution >= 0.6 is 11.8 Å². The van der Waals surface area contributed by atoms with Gasteiger partial charge < -0.3 is 10.2 Å². The lowest BCUT2D eigenvalue weighted by Crippen LogP contribution is -1.99. The second-order valence-electron chi connectivity index (χ2n) is 3.64. The summed E-state index contributed by atoms with van der Waals surface area (Å²) in [6, 6.07) is 9.99. The maximum absolute atomic E-state index is 5.47. The van der Waals surface area contributed by atoms with Gasteiger partial charge in [-0.1, -0.05) is 42.1 Å². The fraction of sp³-hybridized carbons (Fsp3) is 0.231. The minimum absolute atomic E-state index is 0.522. The Morgan fingerprint density at radius 1 is 1.17 bits per heavy atom. The molecule has 2 rings (SSSR count). The summed E-state index contributed by atoms with van der Waals surface area (Å²) in [5, 5.41) is 8.50. The van der Waals surface area contributed by atoms with E-state index in [9.17, 15) is 0 Å². The van der Waals surface area contributed by atoms with Crippen LogP contribution in [0.5, 0.6) is 0 Å². The van der Waals surface area contributed by atoms with Crippen LogP contribution in [0.25, 0.3) is 12.2 Å². The van der Waals surface area contributed by atoms with Crippen LogP contribution in [-0.2, 0) is 0 Å². The first-order chi connectivity index (χ1) is 8.88. The zero-order chi connectivity index (χ0) is 12.6. The molecule has 0 bridgehead atoms. The first-order valence-electron chi connectivity index (χ1n) is 5.78.